The van der Waals surface area contributed by atoms with Crippen LogP contribution < -0.4 is 11.1 Å². The van der Waals surface area contributed by atoms with Crippen molar-refractivity contribution in [2.24, 2.45) is 5.73 Å². The van der Waals surface area contributed by atoms with Crippen LogP contribution in [-0.4, -0.2) is 41.5 Å². The zero-order chi connectivity index (χ0) is 11.9. The lowest BCUT2D eigenvalue weighted by Crippen LogP contribution is -2.52. The Balaban J connectivity index is 1.51. The average molecular weight is 237 g/mol. The van der Waals surface area contributed by atoms with Crippen LogP contribution >= 0.6 is 0 Å². The highest BCUT2D eigenvalue weighted by Crippen LogP contribution is 2.32. The molecule has 0 radical (unpaired) electrons. The molecule has 0 aromatic carbocycles. The van der Waals surface area contributed by atoms with Crippen LogP contribution in [0.25, 0.3) is 0 Å². The Hall–Kier alpha value is -0.610. The molecule has 1 aliphatic carbocycles. The van der Waals surface area contributed by atoms with Gasteiger partial charge >= 0.3 is 0 Å². The number of carbonyl (C=O) groups is 1. The van der Waals surface area contributed by atoms with E-state index in [-0.39, 0.29) is 11.4 Å². The molecule has 0 bridgehead atoms. The molecule has 3 rings (SSSR count). The molecule has 4 heteroatoms. The molecule has 3 N–H and O–H groups in total. The van der Waals surface area contributed by atoms with E-state index in [1.165, 1.54) is 25.8 Å². The minimum Gasteiger partial charge on any atom is -0.352 e. The lowest BCUT2D eigenvalue weighted by Gasteiger charge is -2.37. The Bertz CT molecular complexity index is 314. The third-order valence-corrected chi connectivity index (χ3v) is 4.81. The topological polar surface area (TPSA) is 58.4 Å². The molecule has 2 saturated heterocycles. The molecule has 2 atom stereocenters. The number of amides is 1. The summed E-state index contributed by atoms with van der Waals surface area (Å²) in [6.07, 6.45) is 7.39. The Kier molecular flexibility index (Phi) is 2.87. The van der Waals surface area contributed by atoms with Gasteiger partial charge in [-0.2, -0.15) is 0 Å². The van der Waals surface area contributed by atoms with Crippen molar-refractivity contribution in [3.63, 3.8) is 0 Å². The molecule has 0 spiro atoms. The second-order valence-corrected chi connectivity index (χ2v) is 6.10. The fourth-order valence-corrected chi connectivity index (χ4v) is 3.64. The van der Waals surface area contributed by atoms with Gasteiger partial charge in [-0.1, -0.05) is 0 Å². The number of fused-ring (bicyclic) bond motifs is 1. The molecule has 3 aliphatic rings. The maximum Gasteiger partial charge on any atom is 0.222 e. The van der Waals surface area contributed by atoms with E-state index in [4.69, 9.17) is 5.73 Å². The molecule has 0 aromatic heterocycles. The third-order valence-electron chi connectivity index (χ3n) is 4.81. The van der Waals surface area contributed by atoms with Gasteiger partial charge in [-0.05, 0) is 45.1 Å². The highest BCUT2D eigenvalue weighted by molar-refractivity contribution is 5.77. The molecular weight excluding hydrogens is 214 g/mol. The molecule has 17 heavy (non-hydrogen) atoms. The SMILES string of the molecule is NC1(CC(=O)NC2CCN3CCCC23)CCC1. The van der Waals surface area contributed by atoms with E-state index in [0.717, 1.165) is 25.8 Å². The lowest BCUT2D eigenvalue weighted by atomic mass is 9.75. The van der Waals surface area contributed by atoms with E-state index in [2.05, 4.69) is 10.2 Å². The van der Waals surface area contributed by atoms with Crippen molar-refractivity contribution in [1.29, 1.82) is 0 Å². The fourth-order valence-electron chi connectivity index (χ4n) is 3.64. The summed E-state index contributed by atoms with van der Waals surface area (Å²) in [7, 11) is 0. The molecule has 2 aliphatic heterocycles. The Labute approximate surface area is 103 Å². The van der Waals surface area contributed by atoms with Gasteiger partial charge in [0.2, 0.25) is 5.91 Å². The number of nitrogens with one attached hydrogen (secondary N) is 1. The summed E-state index contributed by atoms with van der Waals surface area (Å²) in [5.41, 5.74) is 5.93. The molecule has 1 amide bonds. The van der Waals surface area contributed by atoms with Gasteiger partial charge in [-0.3, -0.25) is 9.69 Å². The van der Waals surface area contributed by atoms with Crippen molar-refractivity contribution in [3.05, 3.63) is 0 Å². The third kappa shape index (κ3) is 2.20. The maximum absolute atomic E-state index is 12.0. The second kappa shape index (κ2) is 4.25. The fraction of sp³-hybridized carbons (Fsp3) is 0.923. The number of hydrogen-bond donors (Lipinski definition) is 2. The summed E-state index contributed by atoms with van der Waals surface area (Å²) < 4.78 is 0. The van der Waals surface area contributed by atoms with Crippen molar-refractivity contribution in [2.75, 3.05) is 13.1 Å². The molecule has 3 fully saturated rings. The largest absolute Gasteiger partial charge is 0.352 e. The summed E-state index contributed by atoms with van der Waals surface area (Å²) in [5.74, 6) is 0.172. The zero-order valence-corrected chi connectivity index (χ0v) is 10.5. The monoisotopic (exact) mass is 237 g/mol. The van der Waals surface area contributed by atoms with Gasteiger partial charge in [-0.15, -0.1) is 0 Å². The van der Waals surface area contributed by atoms with E-state index >= 15 is 0 Å². The molecule has 96 valence electrons. The summed E-state index contributed by atoms with van der Waals surface area (Å²) in [4.78, 5) is 14.5. The summed E-state index contributed by atoms with van der Waals surface area (Å²) >= 11 is 0. The standard InChI is InChI=1S/C13H23N3O/c14-13(5-2-6-13)9-12(17)15-10-4-8-16-7-1-3-11(10)16/h10-11H,1-9,14H2,(H,15,17). The number of carbonyl (C=O) groups excluding carboxylic acids is 1. The first-order valence-corrected chi connectivity index (χ1v) is 6.99. The molecule has 2 unspecified atom stereocenters. The maximum atomic E-state index is 12.0. The van der Waals surface area contributed by atoms with Crippen molar-refractivity contribution >= 4 is 5.91 Å². The Morgan fingerprint density at radius 3 is 2.82 bits per heavy atom. The zero-order valence-electron chi connectivity index (χ0n) is 10.5. The lowest BCUT2D eigenvalue weighted by molar-refractivity contribution is -0.123. The van der Waals surface area contributed by atoms with Crippen molar-refractivity contribution in [1.82, 2.24) is 10.2 Å². The van der Waals surface area contributed by atoms with Gasteiger partial charge in [0.25, 0.3) is 0 Å². The van der Waals surface area contributed by atoms with Gasteiger partial charge in [0.05, 0.1) is 0 Å². The van der Waals surface area contributed by atoms with Gasteiger partial charge < -0.3 is 11.1 Å². The number of rotatable bonds is 3. The summed E-state index contributed by atoms with van der Waals surface area (Å²) in [6.45, 7) is 2.38. The molecular formula is C13H23N3O. The first kappa shape index (κ1) is 11.5. The predicted molar refractivity (Wildman–Crippen MR) is 66.5 cm³/mol. The summed E-state index contributed by atoms with van der Waals surface area (Å²) in [5, 5.41) is 3.21. The molecule has 0 aromatic rings. The minimum absolute atomic E-state index is 0.172. The van der Waals surface area contributed by atoms with Crippen molar-refractivity contribution in [2.45, 2.75) is 62.6 Å². The average Bonchev–Trinajstić information content (AvgIpc) is 2.80. The normalized spacial score (nSPS) is 35.4. The quantitative estimate of drug-likeness (QED) is 0.756. The first-order valence-electron chi connectivity index (χ1n) is 6.99. The molecule has 4 nitrogen and oxygen atoms in total. The number of nitrogens with zero attached hydrogens (tertiary/aromatic N) is 1. The highest BCUT2D eigenvalue weighted by Gasteiger charge is 2.39. The summed E-state index contributed by atoms with van der Waals surface area (Å²) in [6, 6.07) is 0.989. The van der Waals surface area contributed by atoms with Crippen LogP contribution in [0.2, 0.25) is 0 Å². The van der Waals surface area contributed by atoms with Crippen LogP contribution in [-0.2, 0) is 4.79 Å². The second-order valence-electron chi connectivity index (χ2n) is 6.10. The van der Waals surface area contributed by atoms with Gasteiger partial charge in [0.1, 0.15) is 0 Å². The number of hydrogen-bond acceptors (Lipinski definition) is 3. The van der Waals surface area contributed by atoms with Crippen molar-refractivity contribution < 1.29 is 4.79 Å². The van der Waals surface area contributed by atoms with E-state index in [0.29, 0.717) is 18.5 Å². The van der Waals surface area contributed by atoms with Gasteiger partial charge in [0.15, 0.2) is 0 Å². The predicted octanol–water partition coefficient (Wildman–Crippen LogP) is 0.611. The Morgan fingerprint density at radius 1 is 1.29 bits per heavy atom. The van der Waals surface area contributed by atoms with Crippen LogP contribution in [0.1, 0.15) is 44.9 Å². The Morgan fingerprint density at radius 2 is 2.12 bits per heavy atom. The van der Waals surface area contributed by atoms with Crippen LogP contribution in [0.5, 0.6) is 0 Å². The first-order chi connectivity index (χ1) is 8.16. The van der Waals surface area contributed by atoms with Crippen LogP contribution in [0, 0.1) is 0 Å². The number of nitrogens with two attached hydrogens (primary N) is 1. The van der Waals surface area contributed by atoms with E-state index in [1.807, 2.05) is 0 Å². The van der Waals surface area contributed by atoms with Gasteiger partial charge in [-0.25, -0.2) is 0 Å². The molecule has 2 heterocycles. The van der Waals surface area contributed by atoms with Gasteiger partial charge in [0, 0.05) is 30.6 Å². The van der Waals surface area contributed by atoms with E-state index < -0.39 is 0 Å². The van der Waals surface area contributed by atoms with E-state index in [1.54, 1.807) is 0 Å². The smallest absolute Gasteiger partial charge is 0.222 e. The van der Waals surface area contributed by atoms with Crippen molar-refractivity contribution in [3.8, 4) is 0 Å². The van der Waals surface area contributed by atoms with Crippen LogP contribution in [0.3, 0.4) is 0 Å². The molecule has 1 saturated carbocycles. The highest BCUT2D eigenvalue weighted by atomic mass is 16.1. The minimum atomic E-state index is -0.182. The van der Waals surface area contributed by atoms with Crippen LogP contribution in [0.4, 0.5) is 0 Å². The van der Waals surface area contributed by atoms with E-state index in [9.17, 15) is 4.79 Å². The van der Waals surface area contributed by atoms with Crippen LogP contribution in [0.15, 0.2) is 0 Å².